The fraction of sp³-hybridized carbons (Fsp3) is 0.0714. The van der Waals surface area contributed by atoms with Gasteiger partial charge in [0, 0.05) is 15.5 Å². The first-order valence-corrected chi connectivity index (χ1v) is 7.75. The number of aryl methyl sites for hydroxylation is 1. The molecule has 2 rings (SSSR count). The highest BCUT2D eigenvalue weighted by molar-refractivity contribution is 8.76. The van der Waals surface area contributed by atoms with Gasteiger partial charge in [-0.1, -0.05) is 21.6 Å². The summed E-state index contributed by atoms with van der Waals surface area (Å²) in [5, 5.41) is 8.82. The van der Waals surface area contributed by atoms with E-state index in [-0.39, 0.29) is 0 Å². The van der Waals surface area contributed by atoms with Crippen molar-refractivity contribution in [3.63, 3.8) is 0 Å². The quantitative estimate of drug-likeness (QED) is 0.656. The average molecular weight is 291 g/mol. The lowest BCUT2D eigenvalue weighted by Crippen LogP contribution is -1.94. The van der Waals surface area contributed by atoms with Gasteiger partial charge >= 0.3 is 5.97 Å². The maximum Gasteiger partial charge on any atom is 0.335 e. The third kappa shape index (κ3) is 3.68. The van der Waals surface area contributed by atoms with Crippen molar-refractivity contribution in [3.8, 4) is 0 Å². The molecule has 0 amide bonds. The highest BCUT2D eigenvalue weighted by Crippen LogP contribution is 2.39. The zero-order valence-corrected chi connectivity index (χ0v) is 11.9. The summed E-state index contributed by atoms with van der Waals surface area (Å²) >= 11 is 0. The van der Waals surface area contributed by atoms with E-state index < -0.39 is 5.97 Å². The summed E-state index contributed by atoms with van der Waals surface area (Å²) in [6.45, 7) is 2.02. The van der Waals surface area contributed by atoms with Gasteiger partial charge in [0.15, 0.2) is 0 Å². The van der Waals surface area contributed by atoms with E-state index in [2.05, 4.69) is 0 Å². The number of aromatic carboxylic acids is 1. The second kappa shape index (κ2) is 6.04. The summed E-state index contributed by atoms with van der Waals surface area (Å²) in [5.74, 6) is -0.904. The van der Waals surface area contributed by atoms with E-state index in [0.29, 0.717) is 5.56 Å². The van der Waals surface area contributed by atoms with Crippen LogP contribution in [0, 0.1) is 6.92 Å². The molecule has 0 spiro atoms. The van der Waals surface area contributed by atoms with E-state index in [9.17, 15) is 4.79 Å². The molecule has 0 aliphatic heterocycles. The van der Waals surface area contributed by atoms with E-state index in [1.807, 2.05) is 37.3 Å². The van der Waals surface area contributed by atoms with Crippen LogP contribution in [0.3, 0.4) is 0 Å². The van der Waals surface area contributed by atoms with Crippen LogP contribution in [0.1, 0.15) is 15.9 Å². The van der Waals surface area contributed by atoms with E-state index in [1.54, 1.807) is 33.7 Å². The average Bonchev–Trinajstić information content (AvgIpc) is 2.38. The van der Waals surface area contributed by atoms with Crippen LogP contribution in [0.25, 0.3) is 0 Å². The number of benzene rings is 2. The molecule has 0 heterocycles. The van der Waals surface area contributed by atoms with E-state index >= 15 is 0 Å². The Balaban J connectivity index is 2.04. The molecule has 0 fully saturated rings. The van der Waals surface area contributed by atoms with E-state index in [0.717, 1.165) is 21.0 Å². The Morgan fingerprint density at radius 1 is 1.11 bits per heavy atom. The van der Waals surface area contributed by atoms with Crippen molar-refractivity contribution in [3.05, 3.63) is 53.6 Å². The van der Waals surface area contributed by atoms with Gasteiger partial charge in [-0.3, -0.25) is 0 Å². The van der Waals surface area contributed by atoms with Gasteiger partial charge in [0.2, 0.25) is 0 Å². The van der Waals surface area contributed by atoms with Crippen LogP contribution in [-0.4, -0.2) is 11.1 Å². The first-order valence-electron chi connectivity index (χ1n) is 5.60. The molecule has 0 radical (unpaired) electrons. The molecule has 0 aromatic heterocycles. The molecule has 0 saturated carbocycles. The first kappa shape index (κ1) is 13.8. The summed E-state index contributed by atoms with van der Waals surface area (Å²) < 4.78 is 0. The Bertz CT molecular complexity index is 597. The lowest BCUT2D eigenvalue weighted by molar-refractivity contribution is 0.0697. The maximum atomic E-state index is 10.7. The molecule has 98 valence electrons. The summed E-state index contributed by atoms with van der Waals surface area (Å²) in [4.78, 5) is 12.9. The van der Waals surface area contributed by atoms with Gasteiger partial charge in [0.25, 0.3) is 0 Å². The zero-order valence-electron chi connectivity index (χ0n) is 10.3. The van der Waals surface area contributed by atoms with Crippen LogP contribution in [0.5, 0.6) is 0 Å². The summed E-state index contributed by atoms with van der Waals surface area (Å²) in [7, 11) is 3.23. The Kier molecular flexibility index (Phi) is 4.39. The molecule has 0 atom stereocenters. The monoisotopic (exact) mass is 291 g/mol. The largest absolute Gasteiger partial charge is 0.478 e. The Morgan fingerprint density at radius 2 is 1.79 bits per heavy atom. The highest BCUT2D eigenvalue weighted by atomic mass is 33.1. The summed E-state index contributed by atoms with van der Waals surface area (Å²) in [6, 6.07) is 12.7. The van der Waals surface area contributed by atoms with E-state index in [4.69, 9.17) is 10.8 Å². The number of carbonyl (C=O) groups is 1. The highest BCUT2D eigenvalue weighted by Gasteiger charge is 2.04. The zero-order chi connectivity index (χ0) is 13.8. The number of nitrogen functional groups attached to an aromatic ring is 1. The minimum Gasteiger partial charge on any atom is -0.478 e. The SMILES string of the molecule is Cc1cc(N)ccc1SSc1ccc(C(=O)O)cc1. The lowest BCUT2D eigenvalue weighted by atomic mass is 10.2. The molecule has 0 aliphatic carbocycles. The molecule has 19 heavy (non-hydrogen) atoms. The van der Waals surface area contributed by atoms with Crippen LogP contribution in [-0.2, 0) is 0 Å². The molecule has 3 nitrogen and oxygen atoms in total. The standard InChI is InChI=1S/C14H13NO2S2/c1-9-8-11(15)4-7-13(9)19-18-12-5-2-10(3-6-12)14(16)17/h2-8H,15H2,1H3,(H,16,17). The number of rotatable bonds is 4. The number of carboxylic acids is 1. The number of carboxylic acid groups (broad SMARTS) is 1. The van der Waals surface area contributed by atoms with Crippen LogP contribution in [0.2, 0.25) is 0 Å². The predicted octanol–water partition coefficient (Wildman–Crippen LogP) is 4.07. The van der Waals surface area contributed by atoms with Gasteiger partial charge < -0.3 is 10.8 Å². The van der Waals surface area contributed by atoms with Crippen molar-refractivity contribution in [2.24, 2.45) is 0 Å². The smallest absolute Gasteiger partial charge is 0.335 e. The molecule has 5 heteroatoms. The van der Waals surface area contributed by atoms with Crippen LogP contribution in [0.15, 0.2) is 52.3 Å². The maximum absolute atomic E-state index is 10.7. The Hall–Kier alpha value is -1.59. The molecule has 2 aromatic rings. The van der Waals surface area contributed by atoms with Crippen LogP contribution in [0.4, 0.5) is 5.69 Å². The minimum atomic E-state index is -0.904. The Labute approximate surface area is 119 Å². The predicted molar refractivity (Wildman–Crippen MR) is 80.7 cm³/mol. The molecule has 0 unspecified atom stereocenters. The Morgan fingerprint density at radius 3 is 2.37 bits per heavy atom. The fourth-order valence-electron chi connectivity index (χ4n) is 1.51. The van der Waals surface area contributed by atoms with Gasteiger partial charge in [0.1, 0.15) is 0 Å². The van der Waals surface area contributed by atoms with Gasteiger partial charge in [-0.05, 0) is 55.0 Å². The molecule has 0 saturated heterocycles. The third-order valence-electron chi connectivity index (χ3n) is 2.53. The van der Waals surface area contributed by atoms with Crippen molar-refractivity contribution in [2.45, 2.75) is 16.7 Å². The second-order valence-electron chi connectivity index (χ2n) is 4.02. The van der Waals surface area contributed by atoms with Crippen molar-refractivity contribution >= 4 is 33.2 Å². The minimum absolute atomic E-state index is 0.304. The van der Waals surface area contributed by atoms with Gasteiger partial charge in [-0.2, -0.15) is 0 Å². The van der Waals surface area contributed by atoms with Crippen LogP contribution >= 0.6 is 21.6 Å². The number of hydrogen-bond acceptors (Lipinski definition) is 4. The van der Waals surface area contributed by atoms with Gasteiger partial charge in [-0.25, -0.2) is 4.79 Å². The van der Waals surface area contributed by atoms with Gasteiger partial charge in [-0.15, -0.1) is 0 Å². The third-order valence-corrected chi connectivity index (χ3v) is 5.08. The van der Waals surface area contributed by atoms with Crippen molar-refractivity contribution in [1.82, 2.24) is 0 Å². The molecule has 3 N–H and O–H groups in total. The number of hydrogen-bond donors (Lipinski definition) is 2. The molecule has 0 aliphatic rings. The number of nitrogens with two attached hydrogens (primary N) is 1. The second-order valence-corrected chi connectivity index (χ2v) is 6.27. The lowest BCUT2D eigenvalue weighted by Gasteiger charge is -2.06. The summed E-state index contributed by atoms with van der Waals surface area (Å²) in [5.41, 5.74) is 7.91. The summed E-state index contributed by atoms with van der Waals surface area (Å²) in [6.07, 6.45) is 0. The molecular formula is C14H13NO2S2. The van der Waals surface area contributed by atoms with Crippen molar-refractivity contribution < 1.29 is 9.90 Å². The fourth-order valence-corrected chi connectivity index (χ4v) is 3.71. The normalized spacial score (nSPS) is 10.4. The molecular weight excluding hydrogens is 278 g/mol. The number of anilines is 1. The molecule has 2 aromatic carbocycles. The van der Waals surface area contributed by atoms with E-state index in [1.165, 1.54) is 0 Å². The topological polar surface area (TPSA) is 63.3 Å². The van der Waals surface area contributed by atoms with Crippen molar-refractivity contribution in [2.75, 3.05) is 5.73 Å². The van der Waals surface area contributed by atoms with Crippen LogP contribution < -0.4 is 5.73 Å². The van der Waals surface area contributed by atoms with Gasteiger partial charge in [0.05, 0.1) is 5.56 Å². The first-order chi connectivity index (χ1) is 9.06. The van der Waals surface area contributed by atoms with Crippen molar-refractivity contribution in [1.29, 1.82) is 0 Å². The molecule has 0 bridgehead atoms.